The molecular formula is C17H17ClN4O4. The predicted octanol–water partition coefficient (Wildman–Crippen LogP) is 1.44. The third-order valence-electron chi connectivity index (χ3n) is 4.38. The zero-order valence-corrected chi connectivity index (χ0v) is 14.3. The molecule has 1 aromatic carbocycles. The Labute approximate surface area is 153 Å². The highest BCUT2D eigenvalue weighted by molar-refractivity contribution is 6.30. The van der Waals surface area contributed by atoms with Crippen molar-refractivity contribution in [2.75, 3.05) is 11.9 Å². The first kappa shape index (κ1) is 17.2. The van der Waals surface area contributed by atoms with Crippen molar-refractivity contribution in [2.24, 2.45) is 0 Å². The van der Waals surface area contributed by atoms with E-state index in [0.29, 0.717) is 16.2 Å². The third kappa shape index (κ3) is 2.91. The summed E-state index contributed by atoms with van der Waals surface area (Å²) >= 11 is 5.91. The van der Waals surface area contributed by atoms with Gasteiger partial charge in [0.1, 0.15) is 23.8 Å². The van der Waals surface area contributed by atoms with Crippen molar-refractivity contribution in [3.05, 3.63) is 47.9 Å². The highest BCUT2D eigenvalue weighted by atomic mass is 35.5. The normalized spacial score (nSPS) is 25.7. The van der Waals surface area contributed by atoms with E-state index in [0.717, 1.165) is 11.4 Å². The molecule has 4 atom stereocenters. The van der Waals surface area contributed by atoms with Gasteiger partial charge < -0.3 is 25.4 Å². The monoisotopic (exact) mass is 376 g/mol. The topological polar surface area (TPSA) is 113 Å². The Morgan fingerprint density at radius 3 is 2.58 bits per heavy atom. The van der Waals surface area contributed by atoms with E-state index < -0.39 is 31.1 Å². The molecule has 1 unspecified atom stereocenters. The first-order chi connectivity index (χ1) is 12.6. The van der Waals surface area contributed by atoms with E-state index in [1.807, 2.05) is 12.1 Å². The molecule has 0 spiro atoms. The van der Waals surface area contributed by atoms with Crippen LogP contribution < -0.4 is 5.32 Å². The average molecular weight is 377 g/mol. The number of fused-ring (bicyclic) bond motifs is 1. The molecule has 0 bridgehead atoms. The molecule has 4 rings (SSSR count). The molecule has 1 aliphatic rings. The summed E-state index contributed by atoms with van der Waals surface area (Å²) in [5.41, 5.74) is 2.63. The van der Waals surface area contributed by atoms with E-state index in [4.69, 9.17) is 16.3 Å². The Morgan fingerprint density at radius 1 is 1.12 bits per heavy atom. The second kappa shape index (κ2) is 6.82. The van der Waals surface area contributed by atoms with Crippen LogP contribution in [0.3, 0.4) is 0 Å². The molecule has 3 aromatic rings. The number of hydrogen-bond donors (Lipinski definition) is 4. The van der Waals surface area contributed by atoms with Gasteiger partial charge in [-0.3, -0.25) is 4.57 Å². The molecule has 0 saturated carbocycles. The number of benzene rings is 1. The summed E-state index contributed by atoms with van der Waals surface area (Å²) in [6.07, 6.45) is -1.02. The molecule has 4 N–H and O–H groups in total. The lowest BCUT2D eigenvalue weighted by Gasteiger charge is -2.16. The maximum absolute atomic E-state index is 10.2. The van der Waals surface area contributed by atoms with Gasteiger partial charge in [0.15, 0.2) is 11.9 Å². The standard InChI is InChI=1S/C17H17ClN4O4/c18-9-1-3-10(4-2-9)21-11-5-6-19-16-13(11)20-8-22(16)17-15(25)14(24)12(7-23)26-17/h1-6,8,12,14-15,17,23-25H,7H2,(H,19,21)/t12-,14+,15-,17?/m1/s1. The van der Waals surface area contributed by atoms with Gasteiger partial charge in [-0.2, -0.15) is 0 Å². The molecule has 1 saturated heterocycles. The fraction of sp³-hybridized carbons (Fsp3) is 0.294. The van der Waals surface area contributed by atoms with Crippen LogP contribution in [0.15, 0.2) is 42.9 Å². The lowest BCUT2D eigenvalue weighted by atomic mass is 10.1. The van der Waals surface area contributed by atoms with Gasteiger partial charge >= 0.3 is 0 Å². The van der Waals surface area contributed by atoms with Gasteiger partial charge in [0.05, 0.1) is 18.6 Å². The molecule has 8 nitrogen and oxygen atoms in total. The van der Waals surface area contributed by atoms with E-state index >= 15 is 0 Å². The Hall–Kier alpha value is -2.23. The molecule has 3 heterocycles. The smallest absolute Gasteiger partial charge is 0.165 e. The van der Waals surface area contributed by atoms with Crippen LogP contribution >= 0.6 is 11.6 Å². The molecule has 26 heavy (non-hydrogen) atoms. The molecule has 1 aliphatic heterocycles. The first-order valence-electron chi connectivity index (χ1n) is 8.05. The predicted molar refractivity (Wildman–Crippen MR) is 95.3 cm³/mol. The van der Waals surface area contributed by atoms with Crippen LogP contribution in [0.25, 0.3) is 11.2 Å². The SMILES string of the molecule is OC[C@H]1OC(n2cnc3c(Nc4ccc(Cl)cc4)ccnc32)[C@H](O)[C@H]1O. The summed E-state index contributed by atoms with van der Waals surface area (Å²) in [5, 5.41) is 33.3. The van der Waals surface area contributed by atoms with Crippen molar-refractivity contribution >= 4 is 34.1 Å². The third-order valence-corrected chi connectivity index (χ3v) is 4.63. The molecular weight excluding hydrogens is 360 g/mol. The number of anilines is 2. The minimum atomic E-state index is -1.20. The van der Waals surface area contributed by atoms with Gasteiger partial charge in [-0.15, -0.1) is 0 Å². The number of halogens is 1. The van der Waals surface area contributed by atoms with Crippen molar-refractivity contribution in [3.8, 4) is 0 Å². The Balaban J connectivity index is 1.68. The number of aliphatic hydroxyl groups excluding tert-OH is 3. The minimum absolute atomic E-state index is 0.391. The van der Waals surface area contributed by atoms with Gasteiger partial charge in [-0.25, -0.2) is 9.97 Å². The number of pyridine rings is 1. The van der Waals surface area contributed by atoms with E-state index in [1.165, 1.54) is 6.33 Å². The van der Waals surface area contributed by atoms with Crippen LogP contribution in [-0.2, 0) is 4.74 Å². The first-order valence-corrected chi connectivity index (χ1v) is 8.43. The fourth-order valence-corrected chi connectivity index (χ4v) is 3.15. The Bertz CT molecular complexity index is 917. The van der Waals surface area contributed by atoms with Gasteiger partial charge in [-0.1, -0.05) is 11.6 Å². The molecule has 2 aromatic heterocycles. The van der Waals surface area contributed by atoms with Crippen molar-refractivity contribution in [1.82, 2.24) is 14.5 Å². The maximum atomic E-state index is 10.2. The molecule has 136 valence electrons. The van der Waals surface area contributed by atoms with Crippen molar-refractivity contribution in [1.29, 1.82) is 0 Å². The number of hydrogen-bond acceptors (Lipinski definition) is 7. The molecule has 9 heteroatoms. The lowest BCUT2D eigenvalue weighted by Crippen LogP contribution is -2.33. The number of rotatable bonds is 4. The molecule has 0 radical (unpaired) electrons. The van der Waals surface area contributed by atoms with E-state index in [-0.39, 0.29) is 0 Å². The second-order valence-electron chi connectivity index (χ2n) is 6.04. The zero-order chi connectivity index (χ0) is 18.3. The Morgan fingerprint density at radius 2 is 1.88 bits per heavy atom. The van der Waals surface area contributed by atoms with E-state index in [1.54, 1.807) is 29.0 Å². The minimum Gasteiger partial charge on any atom is -0.394 e. The zero-order valence-electron chi connectivity index (χ0n) is 13.5. The largest absolute Gasteiger partial charge is 0.394 e. The number of nitrogens with one attached hydrogen (secondary N) is 1. The van der Waals surface area contributed by atoms with Crippen molar-refractivity contribution < 1.29 is 20.1 Å². The molecule has 1 fully saturated rings. The second-order valence-corrected chi connectivity index (χ2v) is 6.48. The summed E-state index contributed by atoms with van der Waals surface area (Å²) in [6.45, 7) is -0.391. The Kier molecular flexibility index (Phi) is 4.51. The summed E-state index contributed by atoms with van der Waals surface area (Å²) in [6, 6.07) is 9.03. The van der Waals surface area contributed by atoms with Gasteiger partial charge in [-0.05, 0) is 30.3 Å². The molecule has 0 amide bonds. The van der Waals surface area contributed by atoms with Gasteiger partial charge in [0.2, 0.25) is 0 Å². The maximum Gasteiger partial charge on any atom is 0.165 e. The quantitative estimate of drug-likeness (QED) is 0.545. The van der Waals surface area contributed by atoms with Crippen LogP contribution in [0, 0.1) is 0 Å². The van der Waals surface area contributed by atoms with Crippen molar-refractivity contribution in [2.45, 2.75) is 24.5 Å². The lowest BCUT2D eigenvalue weighted by molar-refractivity contribution is -0.0511. The highest BCUT2D eigenvalue weighted by Crippen LogP contribution is 2.33. The summed E-state index contributed by atoms with van der Waals surface area (Å²) < 4.78 is 7.10. The summed E-state index contributed by atoms with van der Waals surface area (Å²) in [4.78, 5) is 8.68. The van der Waals surface area contributed by atoms with E-state index in [9.17, 15) is 15.3 Å². The van der Waals surface area contributed by atoms with Crippen LogP contribution in [0.4, 0.5) is 11.4 Å². The average Bonchev–Trinajstić information content (AvgIpc) is 3.19. The van der Waals surface area contributed by atoms with Crippen LogP contribution in [0.5, 0.6) is 0 Å². The van der Waals surface area contributed by atoms with E-state index in [2.05, 4.69) is 15.3 Å². The fourth-order valence-electron chi connectivity index (χ4n) is 3.02. The van der Waals surface area contributed by atoms with Crippen LogP contribution in [-0.4, -0.2) is 54.8 Å². The molecule has 0 aliphatic carbocycles. The number of aromatic nitrogens is 3. The number of ether oxygens (including phenoxy) is 1. The van der Waals surface area contributed by atoms with Gasteiger partial charge in [0, 0.05) is 16.9 Å². The van der Waals surface area contributed by atoms with Crippen LogP contribution in [0.2, 0.25) is 5.02 Å². The van der Waals surface area contributed by atoms with Crippen molar-refractivity contribution in [3.63, 3.8) is 0 Å². The summed E-state index contributed by atoms with van der Waals surface area (Å²) in [5.74, 6) is 0. The number of nitrogens with zero attached hydrogens (tertiary/aromatic N) is 3. The number of imidazole rings is 1. The highest BCUT2D eigenvalue weighted by Gasteiger charge is 2.43. The number of aliphatic hydroxyl groups is 3. The summed E-state index contributed by atoms with van der Waals surface area (Å²) in [7, 11) is 0. The van der Waals surface area contributed by atoms with Gasteiger partial charge in [0.25, 0.3) is 0 Å². The van der Waals surface area contributed by atoms with Crippen LogP contribution in [0.1, 0.15) is 6.23 Å².